The molecule has 0 bridgehead atoms. The van der Waals surface area contributed by atoms with Crippen molar-refractivity contribution in [2.75, 3.05) is 11.1 Å². The van der Waals surface area contributed by atoms with Crippen LogP contribution in [-0.2, 0) is 11.3 Å². The van der Waals surface area contributed by atoms with Gasteiger partial charge >= 0.3 is 0 Å². The van der Waals surface area contributed by atoms with E-state index in [4.69, 9.17) is 0 Å². The molecule has 0 atom stereocenters. The van der Waals surface area contributed by atoms with E-state index in [9.17, 15) is 4.79 Å². The fourth-order valence-corrected chi connectivity index (χ4v) is 4.26. The lowest BCUT2D eigenvalue weighted by atomic mass is 10.1. The predicted octanol–water partition coefficient (Wildman–Crippen LogP) is 4.85. The van der Waals surface area contributed by atoms with Gasteiger partial charge < -0.3 is 5.32 Å². The minimum atomic E-state index is -0.0634. The zero-order valence-electron chi connectivity index (χ0n) is 15.7. The van der Waals surface area contributed by atoms with Crippen LogP contribution < -0.4 is 5.32 Å². The van der Waals surface area contributed by atoms with Crippen LogP contribution in [0.3, 0.4) is 0 Å². The molecule has 140 valence electrons. The molecule has 3 rings (SSSR count). The number of para-hydroxylation sites is 1. The second-order valence-electron chi connectivity index (χ2n) is 6.19. The van der Waals surface area contributed by atoms with Gasteiger partial charge in [0.1, 0.15) is 0 Å². The van der Waals surface area contributed by atoms with Gasteiger partial charge in [0.2, 0.25) is 5.91 Å². The number of aromatic nitrogens is 3. The number of benzene rings is 1. The van der Waals surface area contributed by atoms with Crippen molar-refractivity contribution >= 4 is 34.7 Å². The largest absolute Gasteiger partial charge is 0.325 e. The third-order valence-electron chi connectivity index (χ3n) is 4.31. The van der Waals surface area contributed by atoms with Gasteiger partial charge in [0.05, 0.1) is 5.75 Å². The van der Waals surface area contributed by atoms with E-state index in [1.54, 1.807) is 11.3 Å². The standard InChI is InChI=1S/C20H22N4OS2/c1-5-10-24-19(16-11-26-15(4)14(16)3)22-23-20(24)27-12-18(25)21-17-9-7-6-8-13(17)2/h5-9,11H,1,10,12H2,2-4H3,(H,21,25). The van der Waals surface area contributed by atoms with Crippen LogP contribution in [0, 0.1) is 20.8 Å². The number of allylic oxidation sites excluding steroid dienone is 1. The summed E-state index contributed by atoms with van der Waals surface area (Å²) in [5.74, 6) is 1.02. The van der Waals surface area contributed by atoms with Crippen molar-refractivity contribution in [1.82, 2.24) is 14.8 Å². The van der Waals surface area contributed by atoms with Gasteiger partial charge in [0.15, 0.2) is 11.0 Å². The van der Waals surface area contributed by atoms with Gasteiger partial charge in [-0.05, 0) is 38.0 Å². The highest BCUT2D eigenvalue weighted by Crippen LogP contribution is 2.31. The van der Waals surface area contributed by atoms with E-state index in [0.29, 0.717) is 11.7 Å². The molecule has 27 heavy (non-hydrogen) atoms. The Kier molecular flexibility index (Phi) is 6.13. The predicted molar refractivity (Wildman–Crippen MR) is 114 cm³/mol. The fourth-order valence-electron chi connectivity index (χ4n) is 2.65. The highest BCUT2D eigenvalue weighted by atomic mass is 32.2. The minimum absolute atomic E-state index is 0.0634. The molecule has 5 nitrogen and oxygen atoms in total. The maximum atomic E-state index is 12.3. The van der Waals surface area contributed by atoms with Crippen molar-refractivity contribution in [1.29, 1.82) is 0 Å². The quantitative estimate of drug-likeness (QED) is 0.457. The van der Waals surface area contributed by atoms with Gasteiger partial charge in [-0.2, -0.15) is 0 Å². The number of amides is 1. The summed E-state index contributed by atoms with van der Waals surface area (Å²) in [4.78, 5) is 13.6. The lowest BCUT2D eigenvalue weighted by Gasteiger charge is -2.09. The average Bonchev–Trinajstić information content (AvgIpc) is 3.19. The Balaban J connectivity index is 1.75. The number of hydrogen-bond acceptors (Lipinski definition) is 5. The first-order chi connectivity index (χ1) is 13.0. The highest BCUT2D eigenvalue weighted by Gasteiger charge is 2.18. The molecule has 7 heteroatoms. The van der Waals surface area contributed by atoms with E-state index < -0.39 is 0 Å². The summed E-state index contributed by atoms with van der Waals surface area (Å²) in [5, 5.41) is 14.5. The van der Waals surface area contributed by atoms with Crippen molar-refractivity contribution in [2.24, 2.45) is 0 Å². The topological polar surface area (TPSA) is 59.8 Å². The fraction of sp³-hybridized carbons (Fsp3) is 0.250. The third kappa shape index (κ3) is 4.31. The van der Waals surface area contributed by atoms with E-state index in [2.05, 4.69) is 41.3 Å². The average molecular weight is 399 g/mol. The maximum absolute atomic E-state index is 12.3. The Morgan fingerprint density at radius 2 is 2.07 bits per heavy atom. The molecular weight excluding hydrogens is 376 g/mol. The van der Waals surface area contributed by atoms with Crippen LogP contribution >= 0.6 is 23.1 Å². The molecule has 0 spiro atoms. The summed E-state index contributed by atoms with van der Waals surface area (Å²) in [5.41, 5.74) is 4.17. The molecule has 0 aliphatic carbocycles. The molecule has 1 N–H and O–H groups in total. The number of hydrogen-bond donors (Lipinski definition) is 1. The molecule has 0 unspecified atom stereocenters. The minimum Gasteiger partial charge on any atom is -0.325 e. The highest BCUT2D eigenvalue weighted by molar-refractivity contribution is 7.99. The van der Waals surface area contributed by atoms with E-state index in [1.165, 1.54) is 22.2 Å². The lowest BCUT2D eigenvalue weighted by Crippen LogP contribution is -2.15. The van der Waals surface area contributed by atoms with Crippen molar-refractivity contribution < 1.29 is 4.79 Å². The first-order valence-electron chi connectivity index (χ1n) is 8.58. The van der Waals surface area contributed by atoms with E-state index in [1.807, 2.05) is 41.8 Å². The van der Waals surface area contributed by atoms with Gasteiger partial charge in [-0.1, -0.05) is 36.0 Å². The number of rotatable bonds is 7. The van der Waals surface area contributed by atoms with Gasteiger partial charge in [-0.3, -0.25) is 9.36 Å². The summed E-state index contributed by atoms with van der Waals surface area (Å²) in [7, 11) is 0. The molecule has 0 fully saturated rings. The number of thiophene rings is 1. The molecule has 0 aliphatic heterocycles. The van der Waals surface area contributed by atoms with Crippen LogP contribution in [-0.4, -0.2) is 26.4 Å². The van der Waals surface area contributed by atoms with Gasteiger partial charge in [-0.15, -0.1) is 28.1 Å². The first-order valence-corrected chi connectivity index (χ1v) is 10.4. The first kappa shape index (κ1) is 19.4. The number of carbonyl (C=O) groups excluding carboxylic acids is 1. The van der Waals surface area contributed by atoms with E-state index in [-0.39, 0.29) is 11.7 Å². The Morgan fingerprint density at radius 1 is 1.30 bits per heavy atom. The van der Waals surface area contributed by atoms with E-state index in [0.717, 1.165) is 22.6 Å². The maximum Gasteiger partial charge on any atom is 0.234 e. The van der Waals surface area contributed by atoms with Crippen molar-refractivity contribution in [3.8, 4) is 11.4 Å². The molecule has 0 saturated heterocycles. The summed E-state index contributed by atoms with van der Waals surface area (Å²) >= 11 is 3.09. The van der Waals surface area contributed by atoms with Crippen molar-refractivity contribution in [2.45, 2.75) is 32.5 Å². The van der Waals surface area contributed by atoms with Gasteiger partial charge in [0.25, 0.3) is 0 Å². The van der Waals surface area contributed by atoms with Gasteiger partial charge in [0, 0.05) is 28.1 Å². The summed E-state index contributed by atoms with van der Waals surface area (Å²) in [6.07, 6.45) is 1.82. The Labute approximate surface area is 167 Å². The molecule has 1 amide bonds. The molecule has 2 heterocycles. The molecule has 0 aliphatic rings. The number of anilines is 1. The van der Waals surface area contributed by atoms with Crippen LogP contribution in [0.2, 0.25) is 0 Å². The van der Waals surface area contributed by atoms with Gasteiger partial charge in [-0.25, -0.2) is 0 Å². The van der Waals surface area contributed by atoms with Crippen LogP contribution in [0.5, 0.6) is 0 Å². The molecule has 3 aromatic rings. The zero-order chi connectivity index (χ0) is 19.4. The van der Waals surface area contributed by atoms with Crippen molar-refractivity contribution in [3.05, 3.63) is 58.3 Å². The summed E-state index contributed by atoms with van der Waals surface area (Å²) < 4.78 is 2.01. The molecular formula is C20H22N4OS2. The Hall–Kier alpha value is -2.38. The lowest BCUT2D eigenvalue weighted by molar-refractivity contribution is -0.113. The van der Waals surface area contributed by atoms with E-state index >= 15 is 0 Å². The van der Waals surface area contributed by atoms with Crippen molar-refractivity contribution in [3.63, 3.8) is 0 Å². The second-order valence-corrected chi connectivity index (χ2v) is 8.21. The zero-order valence-corrected chi connectivity index (χ0v) is 17.3. The monoisotopic (exact) mass is 398 g/mol. The second kappa shape index (κ2) is 8.54. The van der Waals surface area contributed by atoms with Crippen LogP contribution in [0.15, 0.2) is 47.5 Å². The number of thioether (sulfide) groups is 1. The smallest absolute Gasteiger partial charge is 0.234 e. The number of nitrogens with one attached hydrogen (secondary N) is 1. The summed E-state index contributed by atoms with van der Waals surface area (Å²) in [6, 6.07) is 7.74. The molecule has 1 aromatic carbocycles. The SMILES string of the molecule is C=CCn1c(SCC(=O)Nc2ccccc2C)nnc1-c1csc(C)c1C. The Bertz CT molecular complexity index is 974. The number of nitrogens with zero attached hydrogens (tertiary/aromatic N) is 3. The van der Waals surface area contributed by atoms with Crippen LogP contribution in [0.25, 0.3) is 11.4 Å². The summed E-state index contributed by atoms with van der Waals surface area (Å²) in [6.45, 7) is 10.6. The van der Waals surface area contributed by atoms with Crippen LogP contribution in [0.4, 0.5) is 5.69 Å². The Morgan fingerprint density at radius 3 is 2.74 bits per heavy atom. The third-order valence-corrected chi connectivity index (χ3v) is 6.29. The molecule has 0 radical (unpaired) electrons. The number of carbonyl (C=O) groups is 1. The molecule has 2 aromatic heterocycles. The molecule has 0 saturated carbocycles. The number of aryl methyl sites for hydroxylation is 2. The van der Waals surface area contributed by atoms with Crippen LogP contribution in [0.1, 0.15) is 16.0 Å². The normalized spacial score (nSPS) is 10.8.